The molecule has 4 atom stereocenters. The lowest BCUT2D eigenvalue weighted by Gasteiger charge is -2.35. The molecule has 0 aliphatic carbocycles. The molecule has 1 aliphatic heterocycles. The zero-order valence-electron chi connectivity index (χ0n) is 15.8. The Hall–Kier alpha value is -2.25. The van der Waals surface area contributed by atoms with E-state index in [0.29, 0.717) is 6.42 Å². The van der Waals surface area contributed by atoms with E-state index in [1.165, 1.54) is 13.8 Å². The molecule has 0 aromatic heterocycles. The Bertz CT molecular complexity index is 700. The highest BCUT2D eigenvalue weighted by Crippen LogP contribution is 2.43. The average molecular weight is 377 g/mol. The highest BCUT2D eigenvalue weighted by Gasteiger charge is 2.57. The third kappa shape index (κ3) is 3.61. The highest BCUT2D eigenvalue weighted by atomic mass is 16.4. The van der Waals surface area contributed by atoms with Crippen molar-refractivity contribution < 1.29 is 29.7 Å². The molecule has 1 aromatic rings. The van der Waals surface area contributed by atoms with E-state index in [1.807, 2.05) is 37.3 Å². The lowest BCUT2D eigenvalue weighted by atomic mass is 9.73. The molecule has 1 fully saturated rings. The number of amides is 2. The van der Waals surface area contributed by atoms with E-state index in [2.05, 4.69) is 0 Å². The quantitative estimate of drug-likeness (QED) is 0.587. The van der Waals surface area contributed by atoms with Crippen LogP contribution in [0, 0.1) is 17.8 Å². The summed E-state index contributed by atoms with van der Waals surface area (Å²) in [6.07, 6.45) is 0.489. The predicted octanol–water partition coefficient (Wildman–Crippen LogP) is 1.25. The molecule has 148 valence electrons. The SMILES string of the molecule is CCC(c1ccccc1)C(C(=O)O)C1C(=O)N(C(C)(CO)CO)C(=O)C1C. The lowest BCUT2D eigenvalue weighted by molar-refractivity contribution is -0.154. The van der Waals surface area contributed by atoms with Crippen LogP contribution in [0.15, 0.2) is 30.3 Å². The van der Waals surface area contributed by atoms with Crippen molar-refractivity contribution in [3.05, 3.63) is 35.9 Å². The molecule has 0 bridgehead atoms. The Balaban J connectivity index is 2.50. The van der Waals surface area contributed by atoms with Crippen molar-refractivity contribution in [2.24, 2.45) is 17.8 Å². The van der Waals surface area contributed by atoms with Crippen LogP contribution < -0.4 is 0 Å². The van der Waals surface area contributed by atoms with Gasteiger partial charge >= 0.3 is 5.97 Å². The molecule has 1 heterocycles. The summed E-state index contributed by atoms with van der Waals surface area (Å²) in [4.78, 5) is 38.9. The zero-order valence-corrected chi connectivity index (χ0v) is 15.8. The van der Waals surface area contributed by atoms with Crippen LogP contribution in [-0.4, -0.2) is 56.8 Å². The first kappa shape index (κ1) is 21.1. The summed E-state index contributed by atoms with van der Waals surface area (Å²) in [5, 5.41) is 29.2. The summed E-state index contributed by atoms with van der Waals surface area (Å²) < 4.78 is 0. The molecule has 7 heteroatoms. The van der Waals surface area contributed by atoms with Gasteiger partial charge in [0.2, 0.25) is 11.8 Å². The van der Waals surface area contributed by atoms with Gasteiger partial charge in [0.15, 0.2) is 0 Å². The molecule has 2 amide bonds. The van der Waals surface area contributed by atoms with Crippen LogP contribution in [0.3, 0.4) is 0 Å². The summed E-state index contributed by atoms with van der Waals surface area (Å²) in [6, 6.07) is 9.08. The van der Waals surface area contributed by atoms with E-state index in [9.17, 15) is 29.7 Å². The number of imide groups is 1. The molecule has 0 radical (unpaired) electrons. The zero-order chi connectivity index (χ0) is 20.4. The molecule has 7 nitrogen and oxygen atoms in total. The number of carbonyl (C=O) groups is 3. The monoisotopic (exact) mass is 377 g/mol. The third-order valence-electron chi connectivity index (χ3n) is 5.65. The summed E-state index contributed by atoms with van der Waals surface area (Å²) in [6.45, 7) is 3.58. The van der Waals surface area contributed by atoms with Crippen LogP contribution >= 0.6 is 0 Å². The summed E-state index contributed by atoms with van der Waals surface area (Å²) in [7, 11) is 0. The van der Waals surface area contributed by atoms with Gasteiger partial charge in [-0.2, -0.15) is 0 Å². The molecular weight excluding hydrogens is 350 g/mol. The number of likely N-dealkylation sites (tertiary alicyclic amines) is 1. The minimum atomic E-state index is -1.46. The molecule has 1 aromatic carbocycles. The predicted molar refractivity (Wildman–Crippen MR) is 97.7 cm³/mol. The number of nitrogens with zero attached hydrogens (tertiary/aromatic N) is 1. The maximum atomic E-state index is 13.1. The Morgan fingerprint density at radius 2 is 1.70 bits per heavy atom. The Morgan fingerprint density at radius 3 is 2.15 bits per heavy atom. The van der Waals surface area contributed by atoms with Crippen LogP contribution in [-0.2, 0) is 14.4 Å². The molecule has 1 aliphatic rings. The molecule has 4 unspecified atom stereocenters. The summed E-state index contributed by atoms with van der Waals surface area (Å²) in [5.74, 6) is -5.80. The summed E-state index contributed by atoms with van der Waals surface area (Å²) in [5.41, 5.74) is -0.667. The number of hydrogen-bond acceptors (Lipinski definition) is 5. The van der Waals surface area contributed by atoms with Gasteiger partial charge in [-0.3, -0.25) is 19.3 Å². The van der Waals surface area contributed by atoms with Crippen LogP contribution in [0.5, 0.6) is 0 Å². The van der Waals surface area contributed by atoms with Crippen molar-refractivity contribution in [3.8, 4) is 0 Å². The number of carboxylic acid groups (broad SMARTS) is 1. The van der Waals surface area contributed by atoms with Crippen molar-refractivity contribution in [2.75, 3.05) is 13.2 Å². The number of carbonyl (C=O) groups excluding carboxylic acids is 2. The largest absolute Gasteiger partial charge is 0.481 e. The smallest absolute Gasteiger partial charge is 0.307 e. The fourth-order valence-electron chi connectivity index (χ4n) is 3.99. The second-order valence-electron chi connectivity index (χ2n) is 7.43. The second-order valence-corrected chi connectivity index (χ2v) is 7.43. The van der Waals surface area contributed by atoms with Crippen molar-refractivity contribution in [1.29, 1.82) is 0 Å². The standard InChI is InChI=1S/C20H27NO6/c1-4-14(13-8-6-5-7-9-13)16(19(26)27)15-12(2)17(24)21(18(15)25)20(3,10-22)11-23/h5-9,12,14-16,22-23H,4,10-11H2,1-3H3,(H,26,27). The molecule has 27 heavy (non-hydrogen) atoms. The van der Waals surface area contributed by atoms with Gasteiger partial charge in [-0.15, -0.1) is 0 Å². The number of rotatable bonds is 8. The van der Waals surface area contributed by atoms with Crippen molar-refractivity contribution >= 4 is 17.8 Å². The van der Waals surface area contributed by atoms with Gasteiger partial charge < -0.3 is 15.3 Å². The Morgan fingerprint density at radius 1 is 1.15 bits per heavy atom. The van der Waals surface area contributed by atoms with E-state index in [1.54, 1.807) is 0 Å². The highest BCUT2D eigenvalue weighted by molar-refractivity contribution is 6.07. The van der Waals surface area contributed by atoms with Crippen molar-refractivity contribution in [3.63, 3.8) is 0 Å². The lowest BCUT2D eigenvalue weighted by Crippen LogP contribution is -2.55. The number of hydrogen-bond donors (Lipinski definition) is 3. The number of carboxylic acids is 1. The average Bonchev–Trinajstić information content (AvgIpc) is 2.89. The number of aliphatic carboxylic acids is 1. The van der Waals surface area contributed by atoms with E-state index in [0.717, 1.165) is 10.5 Å². The fourth-order valence-corrected chi connectivity index (χ4v) is 3.99. The van der Waals surface area contributed by atoms with Gasteiger partial charge in [0.1, 0.15) is 0 Å². The molecular formula is C20H27NO6. The van der Waals surface area contributed by atoms with Gasteiger partial charge in [0, 0.05) is 5.92 Å². The van der Waals surface area contributed by atoms with Crippen molar-refractivity contribution in [1.82, 2.24) is 4.90 Å². The minimum absolute atomic E-state index is 0.442. The van der Waals surface area contributed by atoms with Gasteiger partial charge in [-0.1, -0.05) is 44.2 Å². The topological polar surface area (TPSA) is 115 Å². The maximum absolute atomic E-state index is 13.1. The first-order chi connectivity index (χ1) is 12.7. The van der Waals surface area contributed by atoms with E-state index in [4.69, 9.17) is 0 Å². The molecule has 0 saturated carbocycles. The third-order valence-corrected chi connectivity index (χ3v) is 5.65. The Kier molecular flexibility index (Phi) is 6.38. The molecule has 3 N–H and O–H groups in total. The molecule has 0 spiro atoms. The van der Waals surface area contributed by atoms with E-state index >= 15 is 0 Å². The normalized spacial score (nSPS) is 22.8. The number of benzene rings is 1. The minimum Gasteiger partial charge on any atom is -0.481 e. The van der Waals surface area contributed by atoms with Crippen LogP contribution in [0.1, 0.15) is 38.7 Å². The summed E-state index contributed by atoms with van der Waals surface area (Å²) >= 11 is 0. The fraction of sp³-hybridized carbons (Fsp3) is 0.550. The molecule has 2 rings (SSSR count). The van der Waals surface area contributed by atoms with Crippen molar-refractivity contribution in [2.45, 2.75) is 38.6 Å². The van der Waals surface area contributed by atoms with Crippen LogP contribution in [0.25, 0.3) is 0 Å². The van der Waals surface area contributed by atoms with E-state index < -0.39 is 60.2 Å². The Labute approximate surface area is 158 Å². The first-order valence-corrected chi connectivity index (χ1v) is 9.10. The number of aliphatic hydroxyl groups is 2. The maximum Gasteiger partial charge on any atom is 0.307 e. The van der Waals surface area contributed by atoms with Gasteiger partial charge in [0.25, 0.3) is 0 Å². The second kappa shape index (κ2) is 8.19. The first-order valence-electron chi connectivity index (χ1n) is 9.10. The molecule has 1 saturated heterocycles. The van der Waals surface area contributed by atoms with Crippen LogP contribution in [0.4, 0.5) is 0 Å². The van der Waals surface area contributed by atoms with Gasteiger partial charge in [0.05, 0.1) is 30.6 Å². The van der Waals surface area contributed by atoms with Crippen LogP contribution in [0.2, 0.25) is 0 Å². The van der Waals surface area contributed by atoms with Gasteiger partial charge in [-0.05, 0) is 24.8 Å². The van der Waals surface area contributed by atoms with Gasteiger partial charge in [-0.25, -0.2) is 0 Å². The number of aliphatic hydroxyl groups excluding tert-OH is 2. The van der Waals surface area contributed by atoms with E-state index in [-0.39, 0.29) is 0 Å².